The molecule has 0 atom stereocenters. The number of nitrogens with zero attached hydrogens (tertiary/aromatic N) is 2. The van der Waals surface area contributed by atoms with Crippen molar-refractivity contribution in [2.24, 2.45) is 0 Å². The lowest BCUT2D eigenvalue weighted by Gasteiger charge is -2.37. The Bertz CT molecular complexity index is 1580. The predicted octanol–water partition coefficient (Wildman–Crippen LogP) is 4.28. The number of benzene rings is 3. The van der Waals surface area contributed by atoms with Crippen LogP contribution in [-0.4, -0.2) is 26.2 Å². The zero-order valence-corrected chi connectivity index (χ0v) is 19.3. The monoisotopic (exact) mass is 443 g/mol. The molecule has 34 heavy (non-hydrogen) atoms. The molecule has 3 aromatic carbocycles. The summed E-state index contributed by atoms with van der Waals surface area (Å²) >= 11 is 0. The highest BCUT2D eigenvalue weighted by Gasteiger charge is 2.34. The number of anilines is 1. The van der Waals surface area contributed by atoms with Crippen LogP contribution in [0, 0.1) is 0 Å². The molecule has 5 heterocycles. The molecule has 0 radical (unpaired) electrons. The lowest BCUT2D eigenvalue weighted by atomic mass is 9.84. The summed E-state index contributed by atoms with van der Waals surface area (Å²) in [5, 5.41) is 2.65. The summed E-state index contributed by atoms with van der Waals surface area (Å²) in [5.41, 5.74) is 10.7. The maximum atomic E-state index is 7.05. The van der Waals surface area contributed by atoms with Gasteiger partial charge in [-0.25, -0.2) is 4.58 Å². The molecular formula is C31H27N2O+. The number of hydrogen-bond donors (Lipinski definition) is 0. The lowest BCUT2D eigenvalue weighted by Crippen LogP contribution is -2.43. The van der Waals surface area contributed by atoms with Crippen molar-refractivity contribution in [3.05, 3.63) is 98.6 Å². The third kappa shape index (κ3) is 2.50. The van der Waals surface area contributed by atoms with E-state index in [0.717, 1.165) is 50.5 Å². The maximum absolute atomic E-state index is 7.05. The topological polar surface area (TPSA) is 15.5 Å². The Balaban J connectivity index is 1.54. The largest absolute Gasteiger partial charge is 0.455 e. The molecule has 0 aliphatic carbocycles. The molecule has 166 valence electrons. The van der Waals surface area contributed by atoms with Crippen molar-refractivity contribution >= 4 is 23.4 Å². The van der Waals surface area contributed by atoms with E-state index in [1.165, 1.54) is 68.1 Å². The molecule has 0 fully saturated rings. The summed E-state index contributed by atoms with van der Waals surface area (Å²) in [6.07, 6.45) is 13.8. The van der Waals surface area contributed by atoms with Crippen LogP contribution < -0.4 is 24.8 Å². The first-order valence-corrected chi connectivity index (χ1v) is 12.7. The van der Waals surface area contributed by atoms with Crippen LogP contribution in [0.25, 0.3) is 17.7 Å². The molecular weight excluding hydrogens is 416 g/mol. The highest BCUT2D eigenvalue weighted by Crippen LogP contribution is 2.48. The first-order valence-electron chi connectivity index (χ1n) is 12.7. The zero-order valence-electron chi connectivity index (χ0n) is 19.3. The number of fused-ring (bicyclic) bond motifs is 4. The van der Waals surface area contributed by atoms with Crippen molar-refractivity contribution in [3.63, 3.8) is 0 Å². The first-order chi connectivity index (χ1) is 16.9. The van der Waals surface area contributed by atoms with Gasteiger partial charge in [0.05, 0.1) is 11.3 Å². The second-order valence-electron chi connectivity index (χ2n) is 10.1. The van der Waals surface area contributed by atoms with Gasteiger partial charge >= 0.3 is 0 Å². The van der Waals surface area contributed by atoms with Crippen LogP contribution in [0.4, 0.5) is 5.69 Å². The van der Waals surface area contributed by atoms with Gasteiger partial charge in [0.25, 0.3) is 0 Å². The molecule has 0 saturated carbocycles. The smallest absolute Gasteiger partial charge is 0.214 e. The molecule has 3 nitrogen and oxygen atoms in total. The fraction of sp³-hybridized carbons (Fsp3) is 0.258. The van der Waals surface area contributed by atoms with Crippen molar-refractivity contribution in [2.45, 2.75) is 25.7 Å². The summed E-state index contributed by atoms with van der Waals surface area (Å²) in [6.45, 7) is 4.28. The molecule has 0 unspecified atom stereocenters. The molecule has 0 spiro atoms. The van der Waals surface area contributed by atoms with Gasteiger partial charge in [-0.3, -0.25) is 0 Å². The predicted molar refractivity (Wildman–Crippen MR) is 138 cm³/mol. The van der Waals surface area contributed by atoms with E-state index in [1.54, 1.807) is 0 Å². The van der Waals surface area contributed by atoms with E-state index in [4.69, 9.17) is 4.74 Å². The average molecular weight is 444 g/mol. The van der Waals surface area contributed by atoms with Crippen LogP contribution in [-0.2, 0) is 12.8 Å². The zero-order chi connectivity index (χ0) is 22.2. The number of ether oxygens (including phenoxy) is 1. The minimum Gasteiger partial charge on any atom is -0.455 e. The van der Waals surface area contributed by atoms with Crippen molar-refractivity contribution in [3.8, 4) is 11.5 Å². The molecule has 0 aromatic heterocycles. The molecule has 0 bridgehead atoms. The van der Waals surface area contributed by atoms with Crippen LogP contribution in [0.15, 0.2) is 54.6 Å². The minimum atomic E-state index is 1.00. The Morgan fingerprint density at radius 2 is 1.74 bits per heavy atom. The van der Waals surface area contributed by atoms with Crippen LogP contribution in [0.3, 0.4) is 0 Å². The van der Waals surface area contributed by atoms with Crippen LogP contribution in [0.5, 0.6) is 11.5 Å². The van der Waals surface area contributed by atoms with Gasteiger partial charge in [0, 0.05) is 47.0 Å². The Morgan fingerprint density at radius 3 is 2.68 bits per heavy atom. The van der Waals surface area contributed by atoms with Crippen molar-refractivity contribution in [1.29, 1.82) is 0 Å². The van der Waals surface area contributed by atoms with Gasteiger partial charge in [-0.05, 0) is 54.7 Å². The van der Waals surface area contributed by atoms with Crippen molar-refractivity contribution in [1.82, 2.24) is 4.58 Å². The van der Waals surface area contributed by atoms with Crippen molar-refractivity contribution in [2.75, 3.05) is 31.1 Å². The average Bonchev–Trinajstić information content (AvgIpc) is 2.89. The molecule has 3 heteroatoms. The van der Waals surface area contributed by atoms with Gasteiger partial charge in [-0.1, -0.05) is 42.5 Å². The lowest BCUT2D eigenvalue weighted by molar-refractivity contribution is 0.445. The third-order valence-corrected chi connectivity index (χ3v) is 8.15. The fourth-order valence-corrected chi connectivity index (χ4v) is 6.80. The van der Waals surface area contributed by atoms with Gasteiger partial charge < -0.3 is 9.64 Å². The van der Waals surface area contributed by atoms with Crippen LogP contribution >= 0.6 is 0 Å². The van der Waals surface area contributed by atoms with Crippen LogP contribution in [0.2, 0.25) is 0 Å². The third-order valence-electron chi connectivity index (χ3n) is 8.15. The molecule has 0 N–H and O–H groups in total. The first kappa shape index (κ1) is 18.8. The van der Waals surface area contributed by atoms with Gasteiger partial charge in [0.1, 0.15) is 18.0 Å². The quantitative estimate of drug-likeness (QED) is 0.408. The van der Waals surface area contributed by atoms with Gasteiger partial charge in [0.2, 0.25) is 5.36 Å². The van der Waals surface area contributed by atoms with E-state index in [0.29, 0.717) is 0 Å². The van der Waals surface area contributed by atoms with E-state index in [-0.39, 0.29) is 0 Å². The second-order valence-corrected chi connectivity index (χ2v) is 10.1. The molecule has 5 aliphatic heterocycles. The minimum absolute atomic E-state index is 1.00. The number of rotatable bonds is 1. The van der Waals surface area contributed by atoms with E-state index in [2.05, 4.69) is 76.2 Å². The summed E-state index contributed by atoms with van der Waals surface area (Å²) in [7, 11) is 0. The fourth-order valence-electron chi connectivity index (χ4n) is 6.80. The molecule has 5 aliphatic rings. The second kappa shape index (κ2) is 6.96. The van der Waals surface area contributed by atoms with Gasteiger partial charge in [-0.2, -0.15) is 0 Å². The highest BCUT2D eigenvalue weighted by atomic mass is 16.5. The Kier molecular flexibility index (Phi) is 3.85. The van der Waals surface area contributed by atoms with Crippen molar-refractivity contribution < 1.29 is 4.74 Å². The summed E-state index contributed by atoms with van der Waals surface area (Å²) in [4.78, 5) is 2.54. The normalized spacial score (nSPS) is 18.6. The summed E-state index contributed by atoms with van der Waals surface area (Å²) < 4.78 is 9.59. The maximum Gasteiger partial charge on any atom is 0.214 e. The SMILES string of the molecule is C1=Cc2cc3c(c4c2N(C1)CCC4)Oc1c2c4c(cc1=C3c1ccccc1)C=CC[N+]=4CCC2. The molecule has 0 amide bonds. The van der Waals surface area contributed by atoms with E-state index >= 15 is 0 Å². The Morgan fingerprint density at radius 1 is 0.853 bits per heavy atom. The Labute approximate surface area is 199 Å². The highest BCUT2D eigenvalue weighted by molar-refractivity contribution is 5.91. The van der Waals surface area contributed by atoms with E-state index in [1.807, 2.05) is 0 Å². The molecule has 8 rings (SSSR count). The van der Waals surface area contributed by atoms with E-state index in [9.17, 15) is 0 Å². The van der Waals surface area contributed by atoms with Crippen LogP contribution in [0.1, 0.15) is 46.2 Å². The van der Waals surface area contributed by atoms with E-state index < -0.39 is 0 Å². The molecule has 0 saturated heterocycles. The number of hydrogen-bond acceptors (Lipinski definition) is 2. The Hall–Kier alpha value is -3.59. The van der Waals surface area contributed by atoms with Gasteiger partial charge in [-0.15, -0.1) is 0 Å². The molecule has 3 aromatic rings. The standard InChI is InChI=1S/C31H27N2O/c1-2-8-20(9-3-1)27-25-18-21-10-4-14-32-16-6-12-23(28(21)32)30(25)34-31-24-13-7-17-33-15-5-11-22(29(24)33)19-26(27)31/h1-5,8-11,18-19H,6-7,12-17H2/q+1. The summed E-state index contributed by atoms with van der Waals surface area (Å²) in [5.74, 6) is 2.20. The summed E-state index contributed by atoms with van der Waals surface area (Å²) in [6, 6.07) is 15.7. The van der Waals surface area contributed by atoms with Gasteiger partial charge in [0.15, 0.2) is 6.54 Å².